The Hall–Kier alpha value is -0.570. The minimum atomic E-state index is 0.212. The fourth-order valence-electron chi connectivity index (χ4n) is 2.57. The lowest BCUT2D eigenvalue weighted by Crippen LogP contribution is -2.31. The van der Waals surface area contributed by atoms with Gasteiger partial charge in [0.2, 0.25) is 0 Å². The first-order valence-electron chi connectivity index (χ1n) is 6.75. The van der Waals surface area contributed by atoms with Gasteiger partial charge >= 0.3 is 0 Å². The number of benzene rings is 1. The quantitative estimate of drug-likeness (QED) is 0.896. The molecule has 1 saturated heterocycles. The molecule has 3 heteroatoms. The maximum Gasteiger partial charge on any atom is 0.0771 e. The maximum atomic E-state index is 6.41. The summed E-state index contributed by atoms with van der Waals surface area (Å²) in [6.45, 7) is 8.15. The van der Waals surface area contributed by atoms with E-state index in [2.05, 4.69) is 38.2 Å². The minimum Gasteiger partial charge on any atom is -0.376 e. The van der Waals surface area contributed by atoms with Crippen molar-refractivity contribution in [2.75, 3.05) is 13.2 Å². The number of halogens is 1. The summed E-state index contributed by atoms with van der Waals surface area (Å²) in [4.78, 5) is 0. The highest BCUT2D eigenvalue weighted by Crippen LogP contribution is 2.32. The van der Waals surface area contributed by atoms with Crippen LogP contribution in [0.5, 0.6) is 0 Å². The van der Waals surface area contributed by atoms with Crippen LogP contribution in [0.25, 0.3) is 0 Å². The van der Waals surface area contributed by atoms with Gasteiger partial charge in [-0.3, -0.25) is 0 Å². The third-order valence-corrected chi connectivity index (χ3v) is 4.04. The summed E-state index contributed by atoms with van der Waals surface area (Å²) in [7, 11) is 0. The Morgan fingerprint density at radius 2 is 2.11 bits per heavy atom. The fourth-order valence-corrected chi connectivity index (χ4v) is 2.90. The van der Waals surface area contributed by atoms with E-state index in [1.807, 2.05) is 0 Å². The molecule has 1 aromatic carbocycles. The SMILES string of the molecule is CCNC(c1cc(C)c(C)cc1Cl)C1CCCO1. The molecular formula is C15H22ClNO. The Labute approximate surface area is 115 Å². The van der Waals surface area contributed by atoms with Gasteiger partial charge in [0, 0.05) is 11.6 Å². The largest absolute Gasteiger partial charge is 0.376 e. The van der Waals surface area contributed by atoms with Crippen molar-refractivity contribution in [3.63, 3.8) is 0 Å². The van der Waals surface area contributed by atoms with E-state index in [4.69, 9.17) is 16.3 Å². The Balaban J connectivity index is 2.32. The van der Waals surface area contributed by atoms with Crippen LogP contribution in [0, 0.1) is 13.8 Å². The predicted octanol–water partition coefficient (Wildman–Crippen LogP) is 3.79. The predicted molar refractivity (Wildman–Crippen MR) is 76.3 cm³/mol. The molecule has 2 unspecified atom stereocenters. The second-order valence-electron chi connectivity index (χ2n) is 5.04. The van der Waals surface area contributed by atoms with Crippen molar-refractivity contribution in [1.29, 1.82) is 0 Å². The zero-order valence-electron chi connectivity index (χ0n) is 11.4. The van der Waals surface area contributed by atoms with Crippen molar-refractivity contribution >= 4 is 11.6 Å². The first-order chi connectivity index (χ1) is 8.63. The van der Waals surface area contributed by atoms with Crippen molar-refractivity contribution in [1.82, 2.24) is 5.32 Å². The number of aryl methyl sites for hydroxylation is 2. The summed E-state index contributed by atoms with van der Waals surface area (Å²) < 4.78 is 5.83. The summed E-state index contributed by atoms with van der Waals surface area (Å²) in [5, 5.41) is 4.37. The molecule has 0 amide bonds. The molecule has 0 bridgehead atoms. The smallest absolute Gasteiger partial charge is 0.0771 e. The molecule has 0 aliphatic carbocycles. The number of hydrogen-bond donors (Lipinski definition) is 1. The highest BCUT2D eigenvalue weighted by molar-refractivity contribution is 6.31. The normalized spacial score (nSPS) is 21.2. The van der Waals surface area contributed by atoms with Gasteiger partial charge in [-0.25, -0.2) is 0 Å². The molecule has 100 valence electrons. The van der Waals surface area contributed by atoms with Gasteiger partial charge in [-0.15, -0.1) is 0 Å². The van der Waals surface area contributed by atoms with Gasteiger partial charge in [-0.05, 0) is 56.0 Å². The average molecular weight is 268 g/mol. The van der Waals surface area contributed by atoms with Crippen molar-refractivity contribution in [3.05, 3.63) is 33.8 Å². The van der Waals surface area contributed by atoms with Crippen LogP contribution in [0.2, 0.25) is 5.02 Å². The Morgan fingerprint density at radius 1 is 1.39 bits per heavy atom. The van der Waals surface area contributed by atoms with E-state index in [1.165, 1.54) is 16.7 Å². The van der Waals surface area contributed by atoms with Crippen LogP contribution in [0.1, 0.15) is 42.5 Å². The topological polar surface area (TPSA) is 21.3 Å². The first-order valence-corrected chi connectivity index (χ1v) is 7.13. The molecule has 1 heterocycles. The summed E-state index contributed by atoms with van der Waals surface area (Å²) in [6, 6.07) is 4.47. The standard InChI is InChI=1S/C15H22ClNO/c1-4-17-15(14-6-5-7-18-14)12-8-10(2)11(3)9-13(12)16/h8-9,14-15,17H,4-7H2,1-3H3. The molecule has 1 aliphatic heterocycles. The summed E-state index contributed by atoms with van der Waals surface area (Å²) in [5.41, 5.74) is 3.70. The summed E-state index contributed by atoms with van der Waals surface area (Å²) >= 11 is 6.41. The van der Waals surface area contributed by atoms with E-state index < -0.39 is 0 Å². The average Bonchev–Trinajstić information content (AvgIpc) is 2.85. The maximum absolute atomic E-state index is 6.41. The molecule has 2 rings (SSSR count). The lowest BCUT2D eigenvalue weighted by atomic mass is 9.96. The number of likely N-dealkylation sites (N-methyl/N-ethyl adjacent to an activating group) is 1. The molecule has 0 saturated carbocycles. The molecule has 1 aromatic rings. The van der Waals surface area contributed by atoms with Crippen molar-refractivity contribution in [2.45, 2.75) is 45.8 Å². The van der Waals surface area contributed by atoms with Gasteiger partial charge in [0.25, 0.3) is 0 Å². The lowest BCUT2D eigenvalue weighted by molar-refractivity contribution is 0.0788. The molecule has 2 nitrogen and oxygen atoms in total. The van der Waals surface area contributed by atoms with Gasteiger partial charge in [-0.2, -0.15) is 0 Å². The zero-order chi connectivity index (χ0) is 13.1. The molecule has 1 aliphatic rings. The molecule has 0 radical (unpaired) electrons. The fraction of sp³-hybridized carbons (Fsp3) is 0.600. The third kappa shape index (κ3) is 2.87. The van der Waals surface area contributed by atoms with Gasteiger partial charge in [0.05, 0.1) is 12.1 Å². The van der Waals surface area contributed by atoms with Crippen LogP contribution in [-0.2, 0) is 4.74 Å². The van der Waals surface area contributed by atoms with Gasteiger partial charge in [0.15, 0.2) is 0 Å². The van der Waals surface area contributed by atoms with Gasteiger partial charge in [-0.1, -0.05) is 24.6 Å². The lowest BCUT2D eigenvalue weighted by Gasteiger charge is -2.26. The summed E-state index contributed by atoms with van der Waals surface area (Å²) in [5.74, 6) is 0. The van der Waals surface area contributed by atoms with Crippen molar-refractivity contribution < 1.29 is 4.74 Å². The molecule has 18 heavy (non-hydrogen) atoms. The number of nitrogens with one attached hydrogen (secondary N) is 1. The number of hydrogen-bond acceptors (Lipinski definition) is 2. The molecule has 0 aromatic heterocycles. The second-order valence-corrected chi connectivity index (χ2v) is 5.45. The van der Waals surface area contributed by atoms with Crippen LogP contribution in [0.3, 0.4) is 0 Å². The second kappa shape index (κ2) is 6.05. The van der Waals surface area contributed by atoms with Gasteiger partial charge < -0.3 is 10.1 Å². The number of ether oxygens (including phenoxy) is 1. The van der Waals surface area contributed by atoms with Gasteiger partial charge in [0.1, 0.15) is 0 Å². The van der Waals surface area contributed by atoms with E-state index in [9.17, 15) is 0 Å². The van der Waals surface area contributed by atoms with Crippen LogP contribution < -0.4 is 5.32 Å². The third-order valence-electron chi connectivity index (χ3n) is 3.71. The molecule has 1 N–H and O–H groups in total. The molecule has 2 atom stereocenters. The highest BCUT2D eigenvalue weighted by atomic mass is 35.5. The highest BCUT2D eigenvalue weighted by Gasteiger charge is 2.28. The monoisotopic (exact) mass is 267 g/mol. The molecule has 0 spiro atoms. The first kappa shape index (κ1) is 13.9. The zero-order valence-corrected chi connectivity index (χ0v) is 12.2. The van der Waals surface area contributed by atoms with E-state index in [-0.39, 0.29) is 12.1 Å². The molecular weight excluding hydrogens is 246 g/mol. The van der Waals surface area contributed by atoms with Crippen molar-refractivity contribution in [3.8, 4) is 0 Å². The Kier molecular flexibility index (Phi) is 4.66. The van der Waals surface area contributed by atoms with Crippen LogP contribution in [-0.4, -0.2) is 19.3 Å². The van der Waals surface area contributed by atoms with E-state index in [1.54, 1.807) is 0 Å². The van der Waals surface area contributed by atoms with E-state index in [0.717, 1.165) is 31.0 Å². The number of rotatable bonds is 4. The molecule has 1 fully saturated rings. The minimum absolute atomic E-state index is 0.212. The van der Waals surface area contributed by atoms with Crippen LogP contribution in [0.15, 0.2) is 12.1 Å². The summed E-state index contributed by atoms with van der Waals surface area (Å²) in [6.07, 6.45) is 2.51. The Morgan fingerprint density at radius 3 is 2.72 bits per heavy atom. The van der Waals surface area contributed by atoms with Crippen molar-refractivity contribution in [2.24, 2.45) is 0 Å². The van der Waals surface area contributed by atoms with E-state index in [0.29, 0.717) is 0 Å². The van der Waals surface area contributed by atoms with Crippen LogP contribution in [0.4, 0.5) is 0 Å². The van der Waals surface area contributed by atoms with E-state index >= 15 is 0 Å². The van der Waals surface area contributed by atoms with Crippen LogP contribution >= 0.6 is 11.6 Å². The Bertz CT molecular complexity index is 413.